The SMILES string of the molecule is CCCC1CNC(C)CN1Cc1cccs1. The van der Waals surface area contributed by atoms with Gasteiger partial charge < -0.3 is 5.32 Å². The van der Waals surface area contributed by atoms with Crippen molar-refractivity contribution in [3.05, 3.63) is 22.4 Å². The predicted molar refractivity (Wildman–Crippen MR) is 70.9 cm³/mol. The van der Waals surface area contributed by atoms with E-state index in [-0.39, 0.29) is 0 Å². The second-order valence-corrected chi connectivity index (χ2v) is 5.79. The summed E-state index contributed by atoms with van der Waals surface area (Å²) in [6.45, 7) is 8.03. The number of piperazine rings is 1. The molecule has 1 aromatic heterocycles. The number of hydrogen-bond donors (Lipinski definition) is 1. The molecule has 0 saturated carbocycles. The molecule has 2 atom stereocenters. The van der Waals surface area contributed by atoms with Crippen LogP contribution in [0.5, 0.6) is 0 Å². The van der Waals surface area contributed by atoms with Gasteiger partial charge in [-0.3, -0.25) is 4.90 Å². The van der Waals surface area contributed by atoms with Crippen LogP contribution in [0.15, 0.2) is 17.5 Å². The Hall–Kier alpha value is -0.380. The Morgan fingerprint density at radius 2 is 2.44 bits per heavy atom. The summed E-state index contributed by atoms with van der Waals surface area (Å²) >= 11 is 1.88. The second-order valence-electron chi connectivity index (χ2n) is 4.76. The molecule has 90 valence electrons. The molecule has 1 fully saturated rings. The fraction of sp³-hybridized carbons (Fsp3) is 0.692. The molecule has 16 heavy (non-hydrogen) atoms. The molecule has 0 aromatic carbocycles. The van der Waals surface area contributed by atoms with E-state index < -0.39 is 0 Å². The molecule has 1 aliphatic rings. The third-order valence-corrected chi connectivity index (χ3v) is 4.15. The van der Waals surface area contributed by atoms with E-state index in [4.69, 9.17) is 0 Å². The quantitative estimate of drug-likeness (QED) is 0.867. The molecule has 1 N–H and O–H groups in total. The minimum absolute atomic E-state index is 0.632. The van der Waals surface area contributed by atoms with Crippen LogP contribution in [0.2, 0.25) is 0 Å². The highest BCUT2D eigenvalue weighted by atomic mass is 32.1. The molecule has 1 aromatic rings. The third-order valence-electron chi connectivity index (χ3n) is 3.29. The normalized spacial score (nSPS) is 27.1. The lowest BCUT2D eigenvalue weighted by atomic mass is 10.1. The van der Waals surface area contributed by atoms with Crippen LogP contribution in [0.1, 0.15) is 31.6 Å². The van der Waals surface area contributed by atoms with E-state index in [1.807, 2.05) is 11.3 Å². The van der Waals surface area contributed by atoms with Crippen molar-refractivity contribution >= 4 is 11.3 Å². The Balaban J connectivity index is 1.96. The van der Waals surface area contributed by atoms with Crippen LogP contribution in [-0.4, -0.2) is 30.1 Å². The average molecular weight is 238 g/mol. The highest BCUT2D eigenvalue weighted by Gasteiger charge is 2.24. The third kappa shape index (κ3) is 3.06. The van der Waals surface area contributed by atoms with E-state index in [9.17, 15) is 0 Å². The summed E-state index contributed by atoms with van der Waals surface area (Å²) in [7, 11) is 0. The van der Waals surface area contributed by atoms with Gasteiger partial charge in [-0.25, -0.2) is 0 Å². The molecule has 0 spiro atoms. The van der Waals surface area contributed by atoms with Gasteiger partial charge in [0, 0.05) is 36.6 Å². The van der Waals surface area contributed by atoms with Crippen molar-refractivity contribution in [2.75, 3.05) is 13.1 Å². The van der Waals surface area contributed by atoms with Gasteiger partial charge in [-0.1, -0.05) is 19.4 Å². The molecule has 0 radical (unpaired) electrons. The molecule has 3 heteroatoms. The molecule has 1 saturated heterocycles. The summed E-state index contributed by atoms with van der Waals surface area (Å²) in [6.07, 6.45) is 2.59. The van der Waals surface area contributed by atoms with Gasteiger partial charge in [-0.05, 0) is 24.8 Å². The van der Waals surface area contributed by atoms with E-state index >= 15 is 0 Å². The Morgan fingerprint density at radius 3 is 3.12 bits per heavy atom. The largest absolute Gasteiger partial charge is 0.311 e. The van der Waals surface area contributed by atoms with Crippen LogP contribution in [-0.2, 0) is 6.54 Å². The molecule has 0 aliphatic carbocycles. The van der Waals surface area contributed by atoms with Gasteiger partial charge >= 0.3 is 0 Å². The van der Waals surface area contributed by atoms with Crippen molar-refractivity contribution in [3.63, 3.8) is 0 Å². The number of rotatable bonds is 4. The van der Waals surface area contributed by atoms with E-state index in [1.54, 1.807) is 0 Å². The van der Waals surface area contributed by atoms with Crippen LogP contribution in [0.4, 0.5) is 0 Å². The van der Waals surface area contributed by atoms with Gasteiger partial charge in [0.2, 0.25) is 0 Å². The molecule has 2 rings (SSSR count). The zero-order valence-electron chi connectivity index (χ0n) is 10.3. The molecular weight excluding hydrogens is 216 g/mol. The van der Waals surface area contributed by atoms with E-state index in [0.29, 0.717) is 6.04 Å². The zero-order chi connectivity index (χ0) is 11.4. The fourth-order valence-corrected chi connectivity index (χ4v) is 3.18. The lowest BCUT2D eigenvalue weighted by Crippen LogP contribution is -2.54. The van der Waals surface area contributed by atoms with Gasteiger partial charge in [0.15, 0.2) is 0 Å². The van der Waals surface area contributed by atoms with Crippen LogP contribution >= 0.6 is 11.3 Å². The average Bonchev–Trinajstić information content (AvgIpc) is 2.75. The summed E-state index contributed by atoms with van der Waals surface area (Å²) in [5, 5.41) is 5.76. The van der Waals surface area contributed by atoms with E-state index in [0.717, 1.165) is 19.1 Å². The van der Waals surface area contributed by atoms with Crippen molar-refractivity contribution in [1.29, 1.82) is 0 Å². The number of hydrogen-bond acceptors (Lipinski definition) is 3. The van der Waals surface area contributed by atoms with Crippen LogP contribution in [0, 0.1) is 0 Å². The molecule has 0 bridgehead atoms. The lowest BCUT2D eigenvalue weighted by Gasteiger charge is -2.39. The molecule has 2 heterocycles. The van der Waals surface area contributed by atoms with Gasteiger partial charge in [0.1, 0.15) is 0 Å². The van der Waals surface area contributed by atoms with Crippen LogP contribution < -0.4 is 5.32 Å². The lowest BCUT2D eigenvalue weighted by molar-refractivity contribution is 0.121. The zero-order valence-corrected chi connectivity index (χ0v) is 11.1. The maximum absolute atomic E-state index is 3.59. The molecule has 2 unspecified atom stereocenters. The molecular formula is C13H22N2S. The number of nitrogens with zero attached hydrogens (tertiary/aromatic N) is 1. The Labute approximate surface area is 103 Å². The highest BCUT2D eigenvalue weighted by Crippen LogP contribution is 2.18. The van der Waals surface area contributed by atoms with E-state index in [1.165, 1.54) is 24.3 Å². The topological polar surface area (TPSA) is 15.3 Å². The number of thiophene rings is 1. The Kier molecular flexibility index (Phi) is 4.38. The van der Waals surface area contributed by atoms with Gasteiger partial charge in [-0.2, -0.15) is 0 Å². The van der Waals surface area contributed by atoms with Crippen LogP contribution in [0.3, 0.4) is 0 Å². The van der Waals surface area contributed by atoms with Crippen molar-refractivity contribution in [1.82, 2.24) is 10.2 Å². The molecule has 0 amide bonds. The first-order chi connectivity index (χ1) is 7.79. The highest BCUT2D eigenvalue weighted by molar-refractivity contribution is 7.09. The summed E-state index contributed by atoms with van der Waals surface area (Å²) in [4.78, 5) is 4.14. The predicted octanol–water partition coefficient (Wildman–Crippen LogP) is 2.71. The first-order valence-corrected chi connectivity index (χ1v) is 7.17. The summed E-state index contributed by atoms with van der Waals surface area (Å²) in [5.74, 6) is 0. The van der Waals surface area contributed by atoms with Crippen molar-refractivity contribution < 1.29 is 0 Å². The van der Waals surface area contributed by atoms with Gasteiger partial charge in [0.05, 0.1) is 0 Å². The number of nitrogens with one attached hydrogen (secondary N) is 1. The Morgan fingerprint density at radius 1 is 1.56 bits per heavy atom. The molecule has 2 nitrogen and oxygen atoms in total. The van der Waals surface area contributed by atoms with E-state index in [2.05, 4.69) is 41.6 Å². The smallest absolute Gasteiger partial charge is 0.0332 e. The first-order valence-electron chi connectivity index (χ1n) is 6.29. The second kappa shape index (κ2) is 5.80. The maximum Gasteiger partial charge on any atom is 0.0332 e. The first kappa shape index (κ1) is 12.1. The van der Waals surface area contributed by atoms with Gasteiger partial charge in [-0.15, -0.1) is 11.3 Å². The van der Waals surface area contributed by atoms with Crippen molar-refractivity contribution in [2.45, 2.75) is 45.3 Å². The minimum atomic E-state index is 0.632. The molecule has 1 aliphatic heterocycles. The maximum atomic E-state index is 3.59. The van der Waals surface area contributed by atoms with Crippen molar-refractivity contribution in [2.24, 2.45) is 0 Å². The fourth-order valence-electron chi connectivity index (χ4n) is 2.45. The van der Waals surface area contributed by atoms with Gasteiger partial charge in [0.25, 0.3) is 0 Å². The Bertz CT molecular complexity index is 297. The summed E-state index contributed by atoms with van der Waals surface area (Å²) < 4.78 is 0. The summed E-state index contributed by atoms with van der Waals surface area (Å²) in [6, 6.07) is 5.76. The van der Waals surface area contributed by atoms with Crippen LogP contribution in [0.25, 0.3) is 0 Å². The minimum Gasteiger partial charge on any atom is -0.311 e. The summed E-state index contributed by atoms with van der Waals surface area (Å²) in [5.41, 5.74) is 0. The van der Waals surface area contributed by atoms with Crippen molar-refractivity contribution in [3.8, 4) is 0 Å². The monoisotopic (exact) mass is 238 g/mol. The standard InChI is InChI=1S/C13H22N2S/c1-3-5-12-8-14-11(2)9-15(12)10-13-6-4-7-16-13/h4,6-7,11-12,14H,3,5,8-10H2,1-2H3.